The zero-order chi connectivity index (χ0) is 22.4. The molecule has 174 valence electrons. The Morgan fingerprint density at radius 1 is 0.935 bits per heavy atom. The quantitative estimate of drug-likeness (QED) is 0.472. The van der Waals surface area contributed by atoms with Crippen LogP contribution < -0.4 is 0 Å². The van der Waals surface area contributed by atoms with E-state index in [1.54, 1.807) is 0 Å². The van der Waals surface area contributed by atoms with Gasteiger partial charge in [-0.05, 0) is 97.2 Å². The van der Waals surface area contributed by atoms with E-state index in [2.05, 4.69) is 40.7 Å². The van der Waals surface area contributed by atoms with Crippen LogP contribution in [0.15, 0.2) is 11.6 Å². The van der Waals surface area contributed by atoms with Crippen LogP contribution in [-0.2, 0) is 4.79 Å². The second-order valence-corrected chi connectivity index (χ2v) is 13.4. The van der Waals surface area contributed by atoms with Crippen molar-refractivity contribution in [2.45, 2.75) is 105 Å². The molecule has 3 heteroatoms. The first-order valence-electron chi connectivity index (χ1n) is 13.1. The third-order valence-electron chi connectivity index (χ3n) is 12.0. The molecule has 0 aliphatic heterocycles. The number of aliphatic hydroxyl groups is 1. The second kappa shape index (κ2) is 6.84. The smallest absolute Gasteiger partial charge is 0.310 e. The highest BCUT2D eigenvalue weighted by atomic mass is 16.4. The number of carboxylic acid groups (broad SMARTS) is 1. The maximum absolute atomic E-state index is 12.6. The average molecular weight is 429 g/mol. The van der Waals surface area contributed by atoms with Crippen LogP contribution in [0.2, 0.25) is 0 Å². The van der Waals surface area contributed by atoms with Crippen molar-refractivity contribution < 1.29 is 15.0 Å². The van der Waals surface area contributed by atoms with Gasteiger partial charge in [-0.2, -0.15) is 0 Å². The largest absolute Gasteiger partial charge is 0.481 e. The monoisotopic (exact) mass is 428 g/mol. The number of fused-ring (bicyclic) bond motifs is 7. The summed E-state index contributed by atoms with van der Waals surface area (Å²) in [5, 5.41) is 21.2. The fourth-order valence-electron chi connectivity index (χ4n) is 10.4. The predicted octanol–water partition coefficient (Wildman–Crippen LogP) is 6.45. The third-order valence-corrected chi connectivity index (χ3v) is 12.0. The van der Waals surface area contributed by atoms with Gasteiger partial charge in [-0.25, -0.2) is 0 Å². The summed E-state index contributed by atoms with van der Waals surface area (Å²) in [6.45, 7) is 12.0. The molecule has 0 aromatic rings. The molecule has 9 unspecified atom stereocenters. The lowest BCUT2D eigenvalue weighted by atomic mass is 9.37. The second-order valence-electron chi connectivity index (χ2n) is 13.4. The number of allylic oxidation sites excluding steroid dienone is 2. The average Bonchev–Trinajstić information content (AvgIpc) is 2.70. The molecule has 5 aliphatic rings. The molecule has 5 rings (SSSR count). The van der Waals surface area contributed by atoms with Gasteiger partial charge in [0, 0.05) is 0 Å². The molecular weight excluding hydrogens is 384 g/mol. The topological polar surface area (TPSA) is 57.5 Å². The molecule has 0 bridgehead atoms. The third kappa shape index (κ3) is 2.71. The van der Waals surface area contributed by atoms with Gasteiger partial charge in [0.25, 0.3) is 0 Å². The highest BCUT2D eigenvalue weighted by Gasteiger charge is 2.65. The Morgan fingerprint density at radius 3 is 2.35 bits per heavy atom. The van der Waals surface area contributed by atoms with E-state index in [9.17, 15) is 15.0 Å². The molecule has 0 saturated heterocycles. The first-order valence-corrected chi connectivity index (χ1v) is 13.1. The van der Waals surface area contributed by atoms with Crippen LogP contribution in [0.4, 0.5) is 0 Å². The molecule has 2 N–H and O–H groups in total. The van der Waals surface area contributed by atoms with Crippen molar-refractivity contribution in [2.75, 3.05) is 0 Å². The molecular formula is C28H44O3. The summed E-state index contributed by atoms with van der Waals surface area (Å²) in [7, 11) is 0. The summed E-state index contributed by atoms with van der Waals surface area (Å²) < 4.78 is 0. The molecule has 3 nitrogen and oxygen atoms in total. The first-order chi connectivity index (χ1) is 14.5. The molecule has 4 fully saturated rings. The summed E-state index contributed by atoms with van der Waals surface area (Å²) >= 11 is 0. The zero-order valence-electron chi connectivity index (χ0n) is 20.4. The molecule has 0 aromatic heterocycles. The van der Waals surface area contributed by atoms with Crippen molar-refractivity contribution in [3.05, 3.63) is 11.6 Å². The van der Waals surface area contributed by atoms with Crippen molar-refractivity contribution in [3.63, 3.8) is 0 Å². The summed E-state index contributed by atoms with van der Waals surface area (Å²) in [5.74, 6) is 1.97. The first kappa shape index (κ1) is 22.0. The van der Waals surface area contributed by atoms with Crippen molar-refractivity contribution in [1.82, 2.24) is 0 Å². The summed E-state index contributed by atoms with van der Waals surface area (Å²) in [5.41, 5.74) is 1.56. The number of aliphatic carboxylic acids is 1. The standard InChI is InChI=1S/C28H44O3/c1-17-7-6-13-28(24(30)31)16-10-19-18(23(17)28)8-9-21-26(19,4)14-11-20-25(2,3)22(29)12-15-27(20,21)5/h8,17,19-23,29H,6-7,9-16H2,1-5H3,(H,30,31). The van der Waals surface area contributed by atoms with Gasteiger partial charge in [-0.1, -0.05) is 59.1 Å². The van der Waals surface area contributed by atoms with E-state index in [0.717, 1.165) is 44.9 Å². The van der Waals surface area contributed by atoms with Gasteiger partial charge in [-0.3, -0.25) is 4.79 Å². The molecule has 0 amide bonds. The van der Waals surface area contributed by atoms with E-state index in [0.29, 0.717) is 23.7 Å². The van der Waals surface area contributed by atoms with Crippen LogP contribution in [0.3, 0.4) is 0 Å². The molecule has 0 spiro atoms. The lowest BCUT2D eigenvalue weighted by Gasteiger charge is -2.68. The van der Waals surface area contributed by atoms with Gasteiger partial charge in [0.1, 0.15) is 0 Å². The Hall–Kier alpha value is -0.830. The fraction of sp³-hybridized carbons (Fsp3) is 0.893. The van der Waals surface area contributed by atoms with E-state index in [4.69, 9.17) is 0 Å². The van der Waals surface area contributed by atoms with Crippen molar-refractivity contribution in [3.8, 4) is 0 Å². The van der Waals surface area contributed by atoms with Gasteiger partial charge >= 0.3 is 5.97 Å². The van der Waals surface area contributed by atoms with Crippen LogP contribution in [-0.4, -0.2) is 22.3 Å². The number of carboxylic acids is 1. The van der Waals surface area contributed by atoms with E-state index in [1.807, 2.05) is 0 Å². The number of hydrogen-bond donors (Lipinski definition) is 2. The van der Waals surface area contributed by atoms with Crippen molar-refractivity contribution in [2.24, 2.45) is 51.2 Å². The van der Waals surface area contributed by atoms with Gasteiger partial charge in [0.2, 0.25) is 0 Å². The predicted molar refractivity (Wildman–Crippen MR) is 123 cm³/mol. The highest BCUT2D eigenvalue weighted by Crippen LogP contribution is 2.71. The zero-order valence-corrected chi connectivity index (χ0v) is 20.4. The van der Waals surface area contributed by atoms with Gasteiger partial charge in [-0.15, -0.1) is 0 Å². The Kier molecular flexibility index (Phi) is 4.85. The van der Waals surface area contributed by atoms with E-state index in [-0.39, 0.29) is 28.3 Å². The normalized spacial score (nSPS) is 53.3. The van der Waals surface area contributed by atoms with E-state index >= 15 is 0 Å². The van der Waals surface area contributed by atoms with Crippen LogP contribution in [0.25, 0.3) is 0 Å². The van der Waals surface area contributed by atoms with Crippen LogP contribution in [0.5, 0.6) is 0 Å². The minimum Gasteiger partial charge on any atom is -0.481 e. The Morgan fingerprint density at radius 2 is 1.65 bits per heavy atom. The molecule has 0 radical (unpaired) electrons. The lowest BCUT2D eigenvalue weighted by molar-refractivity contribution is -0.188. The van der Waals surface area contributed by atoms with Crippen LogP contribution in [0.1, 0.15) is 98.8 Å². The molecule has 0 heterocycles. The summed E-state index contributed by atoms with van der Waals surface area (Å²) in [6, 6.07) is 0. The maximum Gasteiger partial charge on any atom is 0.310 e. The fourth-order valence-corrected chi connectivity index (χ4v) is 10.4. The summed E-state index contributed by atoms with van der Waals surface area (Å²) in [6.07, 6.45) is 13.0. The number of aliphatic hydroxyl groups excluding tert-OH is 1. The van der Waals surface area contributed by atoms with E-state index in [1.165, 1.54) is 24.8 Å². The van der Waals surface area contributed by atoms with Gasteiger partial charge in [0.15, 0.2) is 0 Å². The Bertz CT molecular complexity index is 798. The number of rotatable bonds is 1. The van der Waals surface area contributed by atoms with Crippen molar-refractivity contribution in [1.29, 1.82) is 0 Å². The Balaban J connectivity index is 1.56. The van der Waals surface area contributed by atoms with E-state index < -0.39 is 11.4 Å². The van der Waals surface area contributed by atoms with Crippen molar-refractivity contribution >= 4 is 5.97 Å². The van der Waals surface area contributed by atoms with Crippen LogP contribution >= 0.6 is 0 Å². The molecule has 31 heavy (non-hydrogen) atoms. The van der Waals surface area contributed by atoms with Gasteiger partial charge < -0.3 is 10.2 Å². The minimum absolute atomic E-state index is 0.0127. The Labute approximate surface area is 189 Å². The molecule has 9 atom stereocenters. The minimum atomic E-state index is -0.533. The van der Waals surface area contributed by atoms with Crippen LogP contribution in [0, 0.1) is 51.2 Å². The lowest BCUT2D eigenvalue weighted by Crippen LogP contribution is -2.62. The molecule has 0 aromatic carbocycles. The molecule has 4 saturated carbocycles. The SMILES string of the molecule is CC1CCCC2(C(=O)O)CCC3C(=CCC4C3(C)CCC3C(C)(C)C(O)CCC34C)C12. The number of carbonyl (C=O) groups is 1. The molecule has 5 aliphatic carbocycles. The number of hydrogen-bond acceptors (Lipinski definition) is 2. The van der Waals surface area contributed by atoms with Gasteiger partial charge in [0.05, 0.1) is 11.5 Å². The summed E-state index contributed by atoms with van der Waals surface area (Å²) in [4.78, 5) is 12.6. The maximum atomic E-state index is 12.6. The highest BCUT2D eigenvalue weighted by molar-refractivity contribution is 5.76.